The molecule has 0 saturated carbocycles. The topological polar surface area (TPSA) is 350 Å². The number of hydrogen-bond donors (Lipinski definition) is 10. The van der Waals surface area contributed by atoms with Crippen LogP contribution in [-0.2, 0) is 50.7 Å². The third-order valence-electron chi connectivity index (χ3n) is 7.22. The molecule has 0 spiro atoms. The van der Waals surface area contributed by atoms with Crippen molar-refractivity contribution in [2.75, 3.05) is 37.4 Å². The maximum Gasteiger partial charge on any atom is 0.481 e. The fourth-order valence-electron chi connectivity index (χ4n) is 4.63. The van der Waals surface area contributed by atoms with E-state index in [2.05, 4.69) is 52.4 Å². The number of nitrogens with zero attached hydrogens (tertiary/aromatic N) is 4. The average Bonchev–Trinajstić information content (AvgIpc) is 3.61. The molecule has 24 nitrogen and oxygen atoms in total. The number of phosphoric acid groups is 3. The van der Waals surface area contributed by atoms with Gasteiger partial charge in [-0.1, -0.05) is 20.8 Å². The summed E-state index contributed by atoms with van der Waals surface area (Å²) in [7, 11) is -16.4. The first-order valence-corrected chi connectivity index (χ1v) is 20.8. The molecule has 1 aliphatic heterocycles. The molecule has 9 N–H and O–H groups in total. The number of rotatable bonds is 21. The van der Waals surface area contributed by atoms with Gasteiger partial charge in [0.1, 0.15) is 30.7 Å². The lowest BCUT2D eigenvalue weighted by Gasteiger charge is -2.30. The number of anilines is 1. The van der Waals surface area contributed by atoms with E-state index in [9.17, 15) is 57.9 Å². The number of hydrogen-bond acceptors (Lipinski definition) is 17. The predicted molar refractivity (Wildman–Crippen MR) is 183 cm³/mol. The number of aromatic nitrogens is 4. The molecule has 3 heterocycles. The Hall–Kier alpha value is -2.44. The van der Waals surface area contributed by atoms with Crippen LogP contribution in [0.1, 0.15) is 46.3 Å². The molecule has 2 aromatic heterocycles. The Labute approximate surface area is 307 Å². The Balaban J connectivity index is 1.66. The van der Waals surface area contributed by atoms with Crippen LogP contribution >= 0.6 is 36.1 Å². The highest BCUT2D eigenvalue weighted by molar-refractivity contribution is 7.80. The summed E-state index contributed by atoms with van der Waals surface area (Å²) in [6, 6.07) is 0. The molecule has 28 heteroatoms. The number of thiol groups is 1. The lowest BCUT2D eigenvalue weighted by Crippen LogP contribution is -2.46. The van der Waals surface area contributed by atoms with Crippen LogP contribution in [0.25, 0.3) is 11.2 Å². The maximum atomic E-state index is 12.7. The molecule has 3 amide bonds. The van der Waals surface area contributed by atoms with E-state index in [1.807, 2.05) is 0 Å². The number of carbonyl (C=O) groups excluding carboxylic acids is 3. The highest BCUT2D eigenvalue weighted by Crippen LogP contribution is 2.61. The van der Waals surface area contributed by atoms with Crippen LogP contribution in [-0.4, -0.2) is 123 Å². The molecule has 53 heavy (non-hydrogen) atoms. The van der Waals surface area contributed by atoms with Gasteiger partial charge in [0.25, 0.3) is 0 Å². The Morgan fingerprint density at radius 3 is 2.34 bits per heavy atom. The van der Waals surface area contributed by atoms with Gasteiger partial charge in [-0.25, -0.2) is 28.6 Å². The van der Waals surface area contributed by atoms with Gasteiger partial charge in [-0.05, 0) is 6.42 Å². The first-order valence-electron chi connectivity index (χ1n) is 15.6. The van der Waals surface area contributed by atoms with E-state index >= 15 is 0 Å². The van der Waals surface area contributed by atoms with Crippen LogP contribution in [0.5, 0.6) is 0 Å². The summed E-state index contributed by atoms with van der Waals surface area (Å²) in [6.07, 6.45) is -6.27. The summed E-state index contributed by atoms with van der Waals surface area (Å²) in [5, 5.41) is 28.9. The van der Waals surface area contributed by atoms with Gasteiger partial charge >= 0.3 is 23.5 Å². The lowest BCUT2D eigenvalue weighted by atomic mass is 9.87. The zero-order valence-electron chi connectivity index (χ0n) is 28.5. The number of imidazole rings is 1. The lowest BCUT2D eigenvalue weighted by molar-refractivity contribution is -0.137. The molecule has 0 bridgehead atoms. The molecule has 3 rings (SSSR count). The van der Waals surface area contributed by atoms with Gasteiger partial charge < -0.3 is 50.5 Å². The first kappa shape index (κ1) is 45.0. The van der Waals surface area contributed by atoms with Gasteiger partial charge in [-0.15, -0.1) is 0 Å². The normalized spacial score (nSPS) is 22.2. The second-order valence-electron chi connectivity index (χ2n) is 12.1. The first-order chi connectivity index (χ1) is 24.6. The zero-order chi connectivity index (χ0) is 39.8. The van der Waals surface area contributed by atoms with Gasteiger partial charge in [0.15, 0.2) is 23.2 Å². The fraction of sp³-hybridized carbons (Fsp3) is 0.680. The van der Waals surface area contributed by atoms with Crippen molar-refractivity contribution in [1.82, 2.24) is 30.2 Å². The van der Waals surface area contributed by atoms with Gasteiger partial charge in [-0.3, -0.25) is 32.5 Å². The van der Waals surface area contributed by atoms with Crippen LogP contribution < -0.4 is 16.0 Å². The molecule has 300 valence electrons. The summed E-state index contributed by atoms with van der Waals surface area (Å²) >= 11 is 3.95. The van der Waals surface area contributed by atoms with E-state index in [1.165, 1.54) is 13.8 Å². The zero-order valence-corrected chi connectivity index (χ0v) is 32.0. The minimum Gasteiger partial charge on any atom is -0.386 e. The Kier molecular flexibility index (Phi) is 16.1. The number of nitrogens with one attached hydrogen (secondary N) is 3. The number of phosphoric ester groups is 3. The minimum atomic E-state index is -5.58. The summed E-state index contributed by atoms with van der Waals surface area (Å²) < 4.78 is 62.2. The highest BCUT2D eigenvalue weighted by Gasteiger charge is 2.50. The summed E-state index contributed by atoms with van der Waals surface area (Å²) in [5.74, 6) is -1.29. The van der Waals surface area contributed by atoms with Crippen molar-refractivity contribution in [3.05, 3.63) is 12.7 Å². The van der Waals surface area contributed by atoms with Crippen LogP contribution in [0.2, 0.25) is 0 Å². The van der Waals surface area contributed by atoms with E-state index in [-0.39, 0.29) is 48.2 Å². The van der Waals surface area contributed by atoms with Gasteiger partial charge in [0.05, 0.1) is 19.5 Å². The Morgan fingerprint density at radius 1 is 1.02 bits per heavy atom. The van der Waals surface area contributed by atoms with Crippen molar-refractivity contribution in [1.29, 1.82) is 0 Å². The molecule has 0 aromatic carbocycles. The van der Waals surface area contributed by atoms with Crippen LogP contribution in [0.3, 0.4) is 0 Å². The van der Waals surface area contributed by atoms with Gasteiger partial charge in [0.2, 0.25) is 17.7 Å². The quantitative estimate of drug-likeness (QED) is 0.0559. The van der Waals surface area contributed by atoms with Crippen LogP contribution in [0.15, 0.2) is 12.7 Å². The average molecular weight is 838 g/mol. The van der Waals surface area contributed by atoms with Crippen molar-refractivity contribution >= 4 is 70.8 Å². The summed E-state index contributed by atoms with van der Waals surface area (Å²) in [6.45, 7) is 2.44. The Bertz CT molecular complexity index is 1750. The molecular formula is C25H42N7O17P3S. The third-order valence-corrected chi connectivity index (χ3v) is 10.5. The van der Waals surface area contributed by atoms with Crippen molar-refractivity contribution in [3.63, 3.8) is 0 Å². The largest absolute Gasteiger partial charge is 0.481 e. The van der Waals surface area contributed by atoms with Gasteiger partial charge in [-0.2, -0.15) is 16.9 Å². The number of aliphatic hydroxyl groups is 2. The predicted octanol–water partition coefficient (Wildman–Crippen LogP) is -0.509. The molecule has 0 radical (unpaired) electrons. The fourth-order valence-corrected chi connectivity index (χ4v) is 7.57. The number of aliphatic hydroxyl groups excluding tert-OH is 2. The van der Waals surface area contributed by atoms with E-state index < -0.39 is 78.6 Å². The number of fused-ring (bicyclic) bond motifs is 1. The molecule has 7 unspecified atom stereocenters. The second kappa shape index (κ2) is 18.9. The van der Waals surface area contributed by atoms with E-state index in [4.69, 9.17) is 13.8 Å². The molecule has 2 aromatic rings. The van der Waals surface area contributed by atoms with E-state index in [0.717, 1.165) is 17.2 Å². The molecular weight excluding hydrogens is 795 g/mol. The number of ether oxygens (including phenoxy) is 1. The number of carbonyl (C=O) groups is 3. The van der Waals surface area contributed by atoms with Crippen molar-refractivity contribution < 1.29 is 80.5 Å². The second-order valence-corrected chi connectivity index (χ2v) is 16.7. The highest BCUT2D eigenvalue weighted by atomic mass is 32.1. The van der Waals surface area contributed by atoms with Crippen LogP contribution in [0, 0.1) is 5.41 Å². The Morgan fingerprint density at radius 2 is 1.70 bits per heavy atom. The molecule has 1 saturated heterocycles. The number of amides is 3. The van der Waals surface area contributed by atoms with Gasteiger partial charge in [0, 0.05) is 37.1 Å². The minimum absolute atomic E-state index is 0.0132. The maximum absolute atomic E-state index is 12.7. The molecule has 1 aliphatic rings. The summed E-state index contributed by atoms with van der Waals surface area (Å²) in [4.78, 5) is 87.6. The van der Waals surface area contributed by atoms with Crippen molar-refractivity contribution in [3.8, 4) is 0 Å². The third kappa shape index (κ3) is 13.4. The monoisotopic (exact) mass is 837 g/mol. The van der Waals surface area contributed by atoms with E-state index in [1.54, 1.807) is 6.92 Å². The van der Waals surface area contributed by atoms with Crippen LogP contribution in [0.4, 0.5) is 5.82 Å². The van der Waals surface area contributed by atoms with Crippen molar-refractivity contribution in [2.45, 2.75) is 70.7 Å². The standard InChI is InChI=1S/C25H42N7O17P3S/c1-4-5-16(34)31-21-17-22(29-12-28-21)32(13-30-17)24-18(35)19(48-50(38,39)40)14(47-24)10-45-51(41,42)49-52(43,44)46-11-25(2,3)20(36)23(37)27-7-6-15(33)26-8-9-53/h12-14,18-20,24,35-36,53H,4-11H2,1-3H3,(H,26,33)(H,27,37)(H,41,42)(H,43,44)(H2,38,39,40)(H,28,29,31,34). The molecule has 7 atom stereocenters. The summed E-state index contributed by atoms with van der Waals surface area (Å²) in [5.41, 5.74) is -1.56. The molecule has 1 fully saturated rings. The SMILES string of the molecule is CCCC(=O)Nc1ncnc2c1ncn2C1OC(COP(=O)(O)OP(=O)(O)OCC(C)(C)C(O)C(=O)NCCC(=O)NCCS)C(OP(=O)(O)O)C1O. The molecule has 0 aliphatic carbocycles. The smallest absolute Gasteiger partial charge is 0.386 e. The van der Waals surface area contributed by atoms with Crippen molar-refractivity contribution in [2.24, 2.45) is 5.41 Å². The van der Waals surface area contributed by atoms with E-state index in [0.29, 0.717) is 18.7 Å².